The molecule has 0 spiro atoms. The largest absolute Gasteiger partial charge is 0.444 e. The zero-order chi connectivity index (χ0) is 25.3. The molecule has 0 bridgehead atoms. The van der Waals surface area contributed by atoms with E-state index in [0.29, 0.717) is 13.1 Å². The average Bonchev–Trinajstić information content (AvgIpc) is 3.50. The SMILES string of the molecule is CC(C)(C)OC(=O)N1CC=C(c2cc3c(-c4cn[nH]c4CCc4ccc(N)cc4)ccnc3[nH]2)CC1. The lowest BCUT2D eigenvalue weighted by Gasteiger charge is -2.29. The molecule has 0 unspecified atom stereocenters. The first-order valence-electron chi connectivity index (χ1n) is 12.3. The summed E-state index contributed by atoms with van der Waals surface area (Å²) in [4.78, 5) is 22.2. The number of ether oxygens (including phenoxy) is 1. The van der Waals surface area contributed by atoms with Gasteiger partial charge in [-0.25, -0.2) is 9.78 Å². The van der Waals surface area contributed by atoms with Crippen LogP contribution in [0.2, 0.25) is 0 Å². The van der Waals surface area contributed by atoms with Crippen molar-refractivity contribution in [2.75, 3.05) is 18.8 Å². The van der Waals surface area contributed by atoms with Gasteiger partial charge in [-0.2, -0.15) is 5.10 Å². The molecule has 1 aliphatic rings. The maximum atomic E-state index is 12.4. The lowest BCUT2D eigenvalue weighted by Crippen LogP contribution is -2.39. The fourth-order valence-corrected chi connectivity index (χ4v) is 4.53. The van der Waals surface area contributed by atoms with Gasteiger partial charge in [-0.3, -0.25) is 5.10 Å². The van der Waals surface area contributed by atoms with Crippen LogP contribution in [0.5, 0.6) is 0 Å². The third kappa shape index (κ3) is 5.12. The van der Waals surface area contributed by atoms with Crippen LogP contribution in [0.1, 0.15) is 44.1 Å². The number of aromatic nitrogens is 4. The second kappa shape index (κ2) is 9.53. The number of hydrogen-bond donors (Lipinski definition) is 3. The molecule has 0 fully saturated rings. The minimum absolute atomic E-state index is 0.273. The number of H-pyrrole nitrogens is 2. The number of nitrogens with one attached hydrogen (secondary N) is 2. The number of carbonyl (C=O) groups excluding carboxylic acids is 1. The van der Waals surface area contributed by atoms with Crippen LogP contribution >= 0.6 is 0 Å². The van der Waals surface area contributed by atoms with E-state index in [0.717, 1.165) is 58.5 Å². The molecule has 4 heterocycles. The van der Waals surface area contributed by atoms with Gasteiger partial charge >= 0.3 is 6.09 Å². The molecular formula is C28H32N6O2. The van der Waals surface area contributed by atoms with E-state index in [-0.39, 0.29) is 6.09 Å². The van der Waals surface area contributed by atoms with Gasteiger partial charge in [0, 0.05) is 47.3 Å². The highest BCUT2D eigenvalue weighted by molar-refractivity contribution is 5.95. The Morgan fingerprint density at radius 3 is 2.67 bits per heavy atom. The van der Waals surface area contributed by atoms with E-state index in [2.05, 4.69) is 44.4 Å². The molecule has 3 aromatic heterocycles. The number of nitrogens with two attached hydrogens (primary N) is 1. The number of amides is 1. The molecular weight excluding hydrogens is 452 g/mol. The highest BCUT2D eigenvalue weighted by Gasteiger charge is 2.24. The molecule has 1 aromatic carbocycles. The van der Waals surface area contributed by atoms with Crippen LogP contribution in [-0.2, 0) is 17.6 Å². The van der Waals surface area contributed by atoms with E-state index in [9.17, 15) is 4.79 Å². The van der Waals surface area contributed by atoms with Gasteiger partial charge in [0.15, 0.2) is 0 Å². The molecule has 0 radical (unpaired) electrons. The first kappa shape index (κ1) is 23.7. The Hall–Kier alpha value is -4.07. The smallest absolute Gasteiger partial charge is 0.410 e. The molecule has 5 rings (SSSR count). The summed E-state index contributed by atoms with van der Waals surface area (Å²) in [5.74, 6) is 0. The summed E-state index contributed by atoms with van der Waals surface area (Å²) in [5, 5.41) is 8.58. The molecule has 1 aliphatic heterocycles. The summed E-state index contributed by atoms with van der Waals surface area (Å²) in [6.07, 6.45) is 8.01. The predicted octanol–water partition coefficient (Wildman–Crippen LogP) is 5.34. The van der Waals surface area contributed by atoms with E-state index in [1.807, 2.05) is 51.4 Å². The van der Waals surface area contributed by atoms with Crippen LogP contribution in [0.4, 0.5) is 10.5 Å². The van der Waals surface area contributed by atoms with Crippen molar-refractivity contribution in [3.63, 3.8) is 0 Å². The van der Waals surface area contributed by atoms with Crippen molar-refractivity contribution in [3.8, 4) is 11.1 Å². The van der Waals surface area contributed by atoms with Gasteiger partial charge in [-0.15, -0.1) is 0 Å². The Bertz CT molecular complexity index is 1410. The predicted molar refractivity (Wildman–Crippen MR) is 142 cm³/mol. The lowest BCUT2D eigenvalue weighted by atomic mass is 9.99. The van der Waals surface area contributed by atoms with Crippen molar-refractivity contribution in [2.45, 2.75) is 45.6 Å². The molecule has 186 valence electrons. The van der Waals surface area contributed by atoms with Crippen LogP contribution in [0.15, 0.2) is 54.9 Å². The molecule has 8 heteroatoms. The summed E-state index contributed by atoms with van der Waals surface area (Å²) in [7, 11) is 0. The van der Waals surface area contributed by atoms with Crippen molar-refractivity contribution < 1.29 is 9.53 Å². The third-order valence-corrected chi connectivity index (χ3v) is 6.39. The fraction of sp³-hybridized carbons (Fsp3) is 0.321. The molecule has 4 aromatic rings. The molecule has 4 N–H and O–H groups in total. The second-order valence-electron chi connectivity index (χ2n) is 10.2. The molecule has 1 amide bonds. The lowest BCUT2D eigenvalue weighted by molar-refractivity contribution is 0.0270. The number of carbonyl (C=O) groups is 1. The minimum atomic E-state index is -0.499. The maximum absolute atomic E-state index is 12.4. The number of fused-ring (bicyclic) bond motifs is 1. The van der Waals surface area contributed by atoms with Gasteiger partial charge in [0.25, 0.3) is 0 Å². The Balaban J connectivity index is 1.36. The topological polar surface area (TPSA) is 113 Å². The summed E-state index contributed by atoms with van der Waals surface area (Å²) in [5.41, 5.74) is 13.6. The number of pyridine rings is 1. The van der Waals surface area contributed by atoms with Crippen LogP contribution in [0, 0.1) is 0 Å². The van der Waals surface area contributed by atoms with Gasteiger partial charge in [-0.1, -0.05) is 18.2 Å². The normalized spacial score (nSPS) is 14.2. The number of nitrogens with zero attached hydrogens (tertiary/aromatic N) is 3. The Kier molecular flexibility index (Phi) is 6.26. The highest BCUT2D eigenvalue weighted by Crippen LogP contribution is 2.33. The second-order valence-corrected chi connectivity index (χ2v) is 10.2. The van der Waals surface area contributed by atoms with Gasteiger partial charge in [0.1, 0.15) is 11.2 Å². The van der Waals surface area contributed by atoms with Gasteiger partial charge in [-0.05, 0) is 81.0 Å². The number of nitrogen functional groups attached to an aromatic ring is 1. The van der Waals surface area contributed by atoms with Crippen LogP contribution in [-0.4, -0.2) is 49.8 Å². The van der Waals surface area contributed by atoms with E-state index in [1.165, 1.54) is 11.1 Å². The van der Waals surface area contributed by atoms with Gasteiger partial charge in [0.2, 0.25) is 0 Å². The average molecular weight is 485 g/mol. The van der Waals surface area contributed by atoms with Gasteiger partial charge < -0.3 is 20.4 Å². The third-order valence-electron chi connectivity index (χ3n) is 6.39. The summed E-state index contributed by atoms with van der Waals surface area (Å²) in [6, 6.07) is 12.2. The minimum Gasteiger partial charge on any atom is -0.444 e. The number of hydrogen-bond acceptors (Lipinski definition) is 5. The number of anilines is 1. The summed E-state index contributed by atoms with van der Waals surface area (Å²) >= 11 is 0. The van der Waals surface area contributed by atoms with E-state index < -0.39 is 5.60 Å². The molecule has 36 heavy (non-hydrogen) atoms. The fourth-order valence-electron chi connectivity index (χ4n) is 4.53. The number of aryl methyl sites for hydroxylation is 2. The monoisotopic (exact) mass is 484 g/mol. The summed E-state index contributed by atoms with van der Waals surface area (Å²) < 4.78 is 5.51. The Morgan fingerprint density at radius 2 is 1.94 bits per heavy atom. The maximum Gasteiger partial charge on any atom is 0.410 e. The number of benzene rings is 1. The Morgan fingerprint density at radius 1 is 1.14 bits per heavy atom. The number of aromatic amines is 2. The van der Waals surface area contributed by atoms with Crippen molar-refractivity contribution in [1.29, 1.82) is 0 Å². The quantitative estimate of drug-likeness (QED) is 0.331. The highest BCUT2D eigenvalue weighted by atomic mass is 16.6. The van der Waals surface area contributed by atoms with E-state index >= 15 is 0 Å². The number of rotatable bonds is 5. The molecule has 0 saturated heterocycles. The van der Waals surface area contributed by atoms with Crippen molar-refractivity contribution in [1.82, 2.24) is 25.1 Å². The van der Waals surface area contributed by atoms with Crippen molar-refractivity contribution >= 4 is 28.4 Å². The van der Waals surface area contributed by atoms with E-state index in [4.69, 9.17) is 10.5 Å². The van der Waals surface area contributed by atoms with Crippen LogP contribution in [0.3, 0.4) is 0 Å². The molecule has 0 aliphatic carbocycles. The van der Waals surface area contributed by atoms with Gasteiger partial charge in [0.05, 0.1) is 6.20 Å². The molecule has 0 saturated carbocycles. The van der Waals surface area contributed by atoms with Crippen molar-refractivity contribution in [3.05, 3.63) is 71.8 Å². The Labute approximate surface area is 210 Å². The van der Waals surface area contributed by atoms with Crippen molar-refractivity contribution in [2.24, 2.45) is 0 Å². The van der Waals surface area contributed by atoms with E-state index in [1.54, 1.807) is 4.90 Å². The standard InChI is InChI=1S/C28H32N6O2/c1-28(2,3)36-27(35)34-14-11-19(12-15-34)25-16-22-21(10-13-30-26(22)32-25)23-17-31-33-24(23)9-6-18-4-7-20(29)8-5-18/h4-5,7-8,10-11,13,16-17H,6,9,12,14-15,29H2,1-3H3,(H,30,32)(H,31,33). The molecule has 0 atom stereocenters. The van der Waals surface area contributed by atoms with Crippen LogP contribution < -0.4 is 5.73 Å². The van der Waals surface area contributed by atoms with Crippen LogP contribution in [0.25, 0.3) is 27.7 Å². The first-order chi connectivity index (χ1) is 17.3. The first-order valence-corrected chi connectivity index (χ1v) is 12.3. The zero-order valence-electron chi connectivity index (χ0n) is 21.0. The molecule has 8 nitrogen and oxygen atoms in total. The zero-order valence-corrected chi connectivity index (χ0v) is 21.0. The summed E-state index contributed by atoms with van der Waals surface area (Å²) in [6.45, 7) is 6.79.